The molecule has 1 heterocycles. The predicted octanol–water partition coefficient (Wildman–Crippen LogP) is 0.803. The van der Waals surface area contributed by atoms with E-state index in [0.717, 1.165) is 5.56 Å². The van der Waals surface area contributed by atoms with Crippen molar-refractivity contribution in [3.8, 4) is 11.5 Å². The van der Waals surface area contributed by atoms with Gasteiger partial charge in [0.1, 0.15) is 0 Å². The molecule has 0 aliphatic carbocycles. The molecule has 0 aromatic heterocycles. The van der Waals surface area contributed by atoms with Gasteiger partial charge in [0.05, 0.1) is 25.9 Å². The maximum absolute atomic E-state index is 12.4. The molecule has 1 aromatic rings. The Morgan fingerprint density at radius 3 is 2.63 bits per heavy atom. The number of rotatable bonds is 8. The minimum atomic E-state index is -3.29. The van der Waals surface area contributed by atoms with Gasteiger partial charge in [0.2, 0.25) is 15.9 Å². The lowest BCUT2D eigenvalue weighted by atomic mass is 9.99. The summed E-state index contributed by atoms with van der Waals surface area (Å²) in [5, 5.41) is 3.31. The summed E-state index contributed by atoms with van der Waals surface area (Å²) in [7, 11) is -0.112. The molecule has 1 atom stereocenters. The molecule has 1 aliphatic heterocycles. The second-order valence-corrected chi connectivity index (χ2v) is 9.57. The highest BCUT2D eigenvalue weighted by molar-refractivity contribution is 7.89. The number of hydrogen-bond donors (Lipinski definition) is 3. The number of benzene rings is 1. The van der Waals surface area contributed by atoms with E-state index in [1.165, 1.54) is 4.31 Å². The lowest BCUT2D eigenvalue weighted by Gasteiger charge is -2.30. The fraction of sp³-hybridized carbons (Fsp3) is 0.579. The summed E-state index contributed by atoms with van der Waals surface area (Å²) in [6.07, 6.45) is 2.00. The topological polar surface area (TPSA) is 109 Å². The normalized spacial score (nSPS) is 17.1. The standard InChI is InChI=1S/C19H30N4O5S2/c1-4-30(25,26)23-11-5-6-15(13-23)18(24)21-22-19(29)20-10-9-14-7-8-16(27-2)17(12-14)28-3/h7-8,12,15H,4-6,9-11,13H2,1-3H3,(H,21,24)(H2,20,22,29)/t15-/m1/s1. The molecule has 0 spiro atoms. The number of methoxy groups -OCH3 is 2. The Kier molecular flexibility index (Phi) is 9.12. The van der Waals surface area contributed by atoms with Crippen LogP contribution in [0.15, 0.2) is 18.2 Å². The first kappa shape index (κ1) is 24.2. The van der Waals surface area contributed by atoms with E-state index in [1.54, 1.807) is 21.1 Å². The SMILES string of the molecule is CCS(=O)(=O)N1CCC[C@@H](C(=O)NNC(=S)NCCc2ccc(OC)c(OC)c2)C1. The fourth-order valence-electron chi connectivity index (χ4n) is 3.21. The number of carbonyl (C=O) groups excluding carboxylic acids is 1. The highest BCUT2D eigenvalue weighted by atomic mass is 32.2. The Labute approximate surface area is 183 Å². The summed E-state index contributed by atoms with van der Waals surface area (Å²) in [5.74, 6) is 0.696. The zero-order valence-electron chi connectivity index (χ0n) is 17.6. The maximum Gasteiger partial charge on any atom is 0.242 e. The number of nitrogens with zero attached hydrogens (tertiary/aromatic N) is 1. The second kappa shape index (κ2) is 11.3. The maximum atomic E-state index is 12.4. The summed E-state index contributed by atoms with van der Waals surface area (Å²) < 4.78 is 36.0. The zero-order valence-corrected chi connectivity index (χ0v) is 19.2. The van der Waals surface area contributed by atoms with E-state index in [2.05, 4.69) is 16.2 Å². The number of amides is 1. The van der Waals surface area contributed by atoms with Crippen molar-refractivity contribution in [3.63, 3.8) is 0 Å². The van der Waals surface area contributed by atoms with Gasteiger partial charge in [0, 0.05) is 19.6 Å². The summed E-state index contributed by atoms with van der Waals surface area (Å²) in [4.78, 5) is 12.4. The van der Waals surface area contributed by atoms with E-state index in [1.807, 2.05) is 18.2 Å². The van der Waals surface area contributed by atoms with Crippen molar-refractivity contribution in [2.75, 3.05) is 39.6 Å². The molecule has 0 unspecified atom stereocenters. The van der Waals surface area contributed by atoms with Crippen LogP contribution in [0.25, 0.3) is 0 Å². The van der Waals surface area contributed by atoms with Gasteiger partial charge >= 0.3 is 0 Å². The largest absolute Gasteiger partial charge is 0.493 e. The molecule has 9 nitrogen and oxygen atoms in total. The van der Waals surface area contributed by atoms with E-state index in [0.29, 0.717) is 43.9 Å². The molecule has 0 saturated carbocycles. The van der Waals surface area contributed by atoms with Crippen LogP contribution in [0.1, 0.15) is 25.3 Å². The number of hydrazine groups is 1. The average Bonchev–Trinajstić information content (AvgIpc) is 2.77. The molecule has 3 N–H and O–H groups in total. The van der Waals surface area contributed by atoms with Gasteiger partial charge in [0.15, 0.2) is 16.6 Å². The molecule has 1 fully saturated rings. The van der Waals surface area contributed by atoms with Gasteiger partial charge in [-0.3, -0.25) is 15.6 Å². The van der Waals surface area contributed by atoms with E-state index < -0.39 is 15.9 Å². The van der Waals surface area contributed by atoms with Crippen molar-refractivity contribution in [2.24, 2.45) is 5.92 Å². The molecule has 0 bridgehead atoms. The van der Waals surface area contributed by atoms with Crippen LogP contribution in [0.4, 0.5) is 0 Å². The Morgan fingerprint density at radius 2 is 1.97 bits per heavy atom. The van der Waals surface area contributed by atoms with Crippen molar-refractivity contribution < 1.29 is 22.7 Å². The van der Waals surface area contributed by atoms with Crippen LogP contribution in [0, 0.1) is 5.92 Å². The van der Waals surface area contributed by atoms with Crippen molar-refractivity contribution in [2.45, 2.75) is 26.2 Å². The number of nitrogens with one attached hydrogen (secondary N) is 3. The first-order chi connectivity index (χ1) is 14.3. The van der Waals surface area contributed by atoms with Gasteiger partial charge in [-0.05, 0) is 56.1 Å². The molecule has 2 rings (SSSR count). The minimum Gasteiger partial charge on any atom is -0.493 e. The Balaban J connectivity index is 1.75. The third-order valence-corrected chi connectivity index (χ3v) is 7.05. The van der Waals surface area contributed by atoms with Gasteiger partial charge in [-0.2, -0.15) is 0 Å². The number of carbonyl (C=O) groups is 1. The van der Waals surface area contributed by atoms with E-state index >= 15 is 0 Å². The van der Waals surface area contributed by atoms with Crippen molar-refractivity contribution >= 4 is 33.3 Å². The Hall–Kier alpha value is -2.11. The lowest BCUT2D eigenvalue weighted by Crippen LogP contribution is -2.52. The molecule has 11 heteroatoms. The molecule has 1 aromatic carbocycles. The summed E-state index contributed by atoms with van der Waals surface area (Å²) >= 11 is 5.19. The number of ether oxygens (including phenoxy) is 2. The van der Waals surface area contributed by atoms with E-state index in [9.17, 15) is 13.2 Å². The van der Waals surface area contributed by atoms with E-state index in [-0.39, 0.29) is 23.3 Å². The van der Waals surface area contributed by atoms with Crippen molar-refractivity contribution in [1.29, 1.82) is 0 Å². The summed E-state index contributed by atoms with van der Waals surface area (Å²) in [6.45, 7) is 2.82. The third kappa shape index (κ3) is 6.71. The number of thiocarbonyl (C=S) groups is 1. The highest BCUT2D eigenvalue weighted by Gasteiger charge is 2.31. The molecule has 1 amide bonds. The predicted molar refractivity (Wildman–Crippen MR) is 119 cm³/mol. The molecule has 1 saturated heterocycles. The van der Waals surface area contributed by atoms with Crippen LogP contribution in [0.5, 0.6) is 11.5 Å². The molecule has 0 radical (unpaired) electrons. The van der Waals surface area contributed by atoms with Crippen LogP contribution < -0.4 is 25.6 Å². The van der Waals surface area contributed by atoms with Gasteiger partial charge in [-0.15, -0.1) is 0 Å². The highest BCUT2D eigenvalue weighted by Crippen LogP contribution is 2.27. The van der Waals surface area contributed by atoms with E-state index in [4.69, 9.17) is 21.7 Å². The zero-order chi connectivity index (χ0) is 22.1. The molecular weight excluding hydrogens is 428 g/mol. The Bertz CT molecular complexity index is 847. The first-order valence-corrected chi connectivity index (χ1v) is 11.8. The summed E-state index contributed by atoms with van der Waals surface area (Å²) in [5.41, 5.74) is 6.30. The smallest absolute Gasteiger partial charge is 0.242 e. The quantitative estimate of drug-likeness (QED) is 0.388. The minimum absolute atomic E-state index is 0.0354. The monoisotopic (exact) mass is 458 g/mol. The molecule has 1 aliphatic rings. The lowest BCUT2D eigenvalue weighted by molar-refractivity contribution is -0.126. The van der Waals surface area contributed by atoms with Gasteiger partial charge in [0.25, 0.3) is 0 Å². The van der Waals surface area contributed by atoms with Gasteiger partial charge in [-0.1, -0.05) is 6.07 Å². The van der Waals surface area contributed by atoms with Crippen LogP contribution in [0.2, 0.25) is 0 Å². The van der Waals surface area contributed by atoms with Crippen LogP contribution >= 0.6 is 12.2 Å². The summed E-state index contributed by atoms with van der Waals surface area (Å²) in [6, 6.07) is 5.69. The Morgan fingerprint density at radius 1 is 1.23 bits per heavy atom. The third-order valence-electron chi connectivity index (χ3n) is 4.96. The molecular formula is C19H30N4O5S2. The number of hydrogen-bond acceptors (Lipinski definition) is 6. The van der Waals surface area contributed by atoms with Crippen LogP contribution in [-0.2, 0) is 21.2 Å². The van der Waals surface area contributed by atoms with Crippen LogP contribution in [0.3, 0.4) is 0 Å². The first-order valence-electron chi connectivity index (χ1n) is 9.83. The fourth-order valence-corrected chi connectivity index (χ4v) is 4.55. The van der Waals surface area contributed by atoms with Crippen molar-refractivity contribution in [1.82, 2.24) is 20.5 Å². The molecule has 30 heavy (non-hydrogen) atoms. The number of piperidine rings is 1. The van der Waals surface area contributed by atoms with Crippen molar-refractivity contribution in [3.05, 3.63) is 23.8 Å². The van der Waals surface area contributed by atoms with Gasteiger partial charge in [-0.25, -0.2) is 12.7 Å². The second-order valence-electron chi connectivity index (χ2n) is 6.91. The number of sulfonamides is 1. The van der Waals surface area contributed by atoms with Gasteiger partial charge < -0.3 is 14.8 Å². The van der Waals surface area contributed by atoms with Crippen LogP contribution in [-0.4, -0.2) is 63.3 Å². The molecule has 168 valence electrons. The average molecular weight is 459 g/mol.